The Labute approximate surface area is 123 Å². The van der Waals surface area contributed by atoms with E-state index in [0.717, 1.165) is 6.26 Å². The Morgan fingerprint density at radius 2 is 1.90 bits per heavy atom. The van der Waals surface area contributed by atoms with Gasteiger partial charge in [-0.15, -0.1) is 0 Å². The average molecular weight is 320 g/mol. The lowest BCUT2D eigenvalue weighted by atomic mass is 10.1. The number of likely N-dealkylation sites (N-methyl/N-ethyl adjacent to an activating group) is 1. The second-order valence-electron chi connectivity index (χ2n) is 4.90. The van der Waals surface area contributed by atoms with E-state index in [1.807, 2.05) is 0 Å². The molecule has 0 radical (unpaired) electrons. The molecule has 0 aromatic heterocycles. The van der Waals surface area contributed by atoms with Crippen LogP contribution in [0.25, 0.3) is 0 Å². The number of sulfonamides is 1. The van der Waals surface area contributed by atoms with Crippen molar-refractivity contribution in [1.29, 1.82) is 0 Å². The predicted molar refractivity (Wildman–Crippen MR) is 81.7 cm³/mol. The maximum absolute atomic E-state index is 12.0. The van der Waals surface area contributed by atoms with Gasteiger partial charge in [-0.05, 0) is 39.1 Å². The molecule has 0 unspecified atom stereocenters. The van der Waals surface area contributed by atoms with Gasteiger partial charge in [0.25, 0.3) is 0 Å². The van der Waals surface area contributed by atoms with E-state index in [1.54, 1.807) is 27.0 Å². The average Bonchev–Trinajstić information content (AvgIpc) is 2.31. The number of rotatable bonds is 5. The molecular weight excluding hydrogens is 302 g/mol. The summed E-state index contributed by atoms with van der Waals surface area (Å²) in [6.07, 6.45) is 1.04. The molecule has 0 bridgehead atoms. The molecule has 0 spiro atoms. The molecule has 1 aromatic carbocycles. The minimum absolute atomic E-state index is 0.204. The fourth-order valence-corrected chi connectivity index (χ4v) is 2.14. The molecule has 1 aromatic rings. The van der Waals surface area contributed by atoms with Crippen molar-refractivity contribution in [2.45, 2.75) is 19.4 Å². The van der Waals surface area contributed by atoms with E-state index in [2.05, 4.69) is 15.4 Å². The highest BCUT2D eigenvalue weighted by Crippen LogP contribution is 2.26. The van der Waals surface area contributed by atoms with Crippen LogP contribution in [-0.4, -0.2) is 33.2 Å². The number of benzene rings is 1. The molecular formula is C12H18ClN3O3S. The van der Waals surface area contributed by atoms with Crippen LogP contribution in [0.5, 0.6) is 0 Å². The normalized spacial score (nSPS) is 12.1. The summed E-state index contributed by atoms with van der Waals surface area (Å²) >= 11 is 5.97. The Balaban J connectivity index is 2.91. The largest absolute Gasteiger partial charge is 0.324 e. The van der Waals surface area contributed by atoms with Crippen LogP contribution in [0.2, 0.25) is 5.02 Å². The number of carbonyl (C=O) groups excluding carboxylic acids is 1. The Morgan fingerprint density at radius 3 is 2.35 bits per heavy atom. The Bertz CT molecular complexity index is 614. The smallest absolute Gasteiger partial charge is 0.244 e. The van der Waals surface area contributed by atoms with Gasteiger partial charge in [-0.2, -0.15) is 0 Å². The molecule has 20 heavy (non-hydrogen) atoms. The van der Waals surface area contributed by atoms with E-state index < -0.39 is 15.6 Å². The zero-order valence-electron chi connectivity index (χ0n) is 11.7. The van der Waals surface area contributed by atoms with Crippen molar-refractivity contribution in [2.24, 2.45) is 0 Å². The molecule has 0 fully saturated rings. The van der Waals surface area contributed by atoms with Crippen molar-refractivity contribution in [3.8, 4) is 0 Å². The summed E-state index contributed by atoms with van der Waals surface area (Å²) in [7, 11) is -1.71. The molecule has 0 heterocycles. The van der Waals surface area contributed by atoms with Crippen molar-refractivity contribution in [2.75, 3.05) is 23.3 Å². The third-order valence-electron chi connectivity index (χ3n) is 2.71. The van der Waals surface area contributed by atoms with Crippen LogP contribution in [0.15, 0.2) is 18.2 Å². The van der Waals surface area contributed by atoms with Crippen LogP contribution < -0.4 is 15.4 Å². The molecule has 3 N–H and O–H groups in total. The molecule has 6 nitrogen and oxygen atoms in total. The lowest BCUT2D eigenvalue weighted by Crippen LogP contribution is -2.47. The Hall–Kier alpha value is -1.31. The van der Waals surface area contributed by atoms with Gasteiger partial charge >= 0.3 is 0 Å². The van der Waals surface area contributed by atoms with Gasteiger partial charge in [0.05, 0.1) is 22.5 Å². The van der Waals surface area contributed by atoms with E-state index in [-0.39, 0.29) is 16.6 Å². The zero-order valence-corrected chi connectivity index (χ0v) is 13.3. The van der Waals surface area contributed by atoms with Gasteiger partial charge < -0.3 is 10.6 Å². The van der Waals surface area contributed by atoms with E-state index in [0.29, 0.717) is 5.69 Å². The number of halogens is 1. The third kappa shape index (κ3) is 4.66. The van der Waals surface area contributed by atoms with Crippen LogP contribution >= 0.6 is 11.6 Å². The highest BCUT2D eigenvalue weighted by molar-refractivity contribution is 7.92. The van der Waals surface area contributed by atoms with Crippen molar-refractivity contribution < 1.29 is 13.2 Å². The van der Waals surface area contributed by atoms with Gasteiger partial charge in [-0.25, -0.2) is 8.42 Å². The molecule has 1 rings (SSSR count). The van der Waals surface area contributed by atoms with Gasteiger partial charge in [0.1, 0.15) is 0 Å². The standard InChI is InChI=1S/C12H18ClN3O3S/c1-12(2,14-3)11(17)15-8-5-6-10(9(13)7-8)16-20(4,18)19/h5-7,14,16H,1-4H3,(H,15,17). The molecule has 0 aliphatic rings. The van der Waals surface area contributed by atoms with Gasteiger partial charge in [-0.3, -0.25) is 9.52 Å². The van der Waals surface area contributed by atoms with Gasteiger partial charge in [-0.1, -0.05) is 11.6 Å². The van der Waals surface area contributed by atoms with Gasteiger partial charge in [0, 0.05) is 5.69 Å². The van der Waals surface area contributed by atoms with E-state index in [9.17, 15) is 13.2 Å². The van der Waals surface area contributed by atoms with Crippen LogP contribution in [0.3, 0.4) is 0 Å². The molecule has 1 amide bonds. The van der Waals surface area contributed by atoms with Gasteiger partial charge in [0.2, 0.25) is 15.9 Å². The molecule has 8 heteroatoms. The van der Waals surface area contributed by atoms with E-state index >= 15 is 0 Å². The van der Waals surface area contributed by atoms with Crippen molar-refractivity contribution in [1.82, 2.24) is 5.32 Å². The number of amides is 1. The maximum Gasteiger partial charge on any atom is 0.244 e. The molecule has 0 aliphatic heterocycles. The summed E-state index contributed by atoms with van der Waals surface area (Å²) in [4.78, 5) is 12.0. The summed E-state index contributed by atoms with van der Waals surface area (Å²) in [6, 6.07) is 4.55. The monoisotopic (exact) mass is 319 g/mol. The Kier molecular flexibility index (Phi) is 5.01. The zero-order chi connectivity index (χ0) is 15.6. The van der Waals surface area contributed by atoms with Crippen LogP contribution in [0, 0.1) is 0 Å². The van der Waals surface area contributed by atoms with E-state index in [1.165, 1.54) is 12.1 Å². The maximum atomic E-state index is 12.0. The first-order chi connectivity index (χ1) is 9.05. The first-order valence-electron chi connectivity index (χ1n) is 5.83. The van der Waals surface area contributed by atoms with Crippen molar-refractivity contribution >= 4 is 38.9 Å². The third-order valence-corrected chi connectivity index (χ3v) is 3.62. The molecule has 112 valence electrons. The number of nitrogens with one attached hydrogen (secondary N) is 3. The topological polar surface area (TPSA) is 87.3 Å². The number of anilines is 2. The number of hydrogen-bond acceptors (Lipinski definition) is 4. The summed E-state index contributed by atoms with van der Waals surface area (Å²) in [5.74, 6) is -0.222. The summed E-state index contributed by atoms with van der Waals surface area (Å²) in [5, 5.41) is 5.79. The molecule has 0 saturated carbocycles. The highest BCUT2D eigenvalue weighted by atomic mass is 35.5. The van der Waals surface area contributed by atoms with Crippen molar-refractivity contribution in [3.63, 3.8) is 0 Å². The predicted octanol–water partition coefficient (Wildman–Crippen LogP) is 1.65. The van der Waals surface area contributed by atoms with Crippen LogP contribution in [0.4, 0.5) is 11.4 Å². The summed E-state index contributed by atoms with van der Waals surface area (Å²) < 4.78 is 24.6. The highest BCUT2D eigenvalue weighted by Gasteiger charge is 2.25. The minimum atomic E-state index is -3.39. The molecule has 0 aliphatic carbocycles. The lowest BCUT2D eigenvalue weighted by Gasteiger charge is -2.22. The molecule has 0 saturated heterocycles. The minimum Gasteiger partial charge on any atom is -0.324 e. The number of hydrogen-bond donors (Lipinski definition) is 3. The quantitative estimate of drug-likeness (QED) is 0.770. The SMILES string of the molecule is CNC(C)(C)C(=O)Nc1ccc(NS(C)(=O)=O)c(Cl)c1. The van der Waals surface area contributed by atoms with Crippen molar-refractivity contribution in [3.05, 3.63) is 23.2 Å². The summed E-state index contributed by atoms with van der Waals surface area (Å²) in [5.41, 5.74) is 0.0262. The first-order valence-corrected chi connectivity index (χ1v) is 8.10. The van der Waals surface area contributed by atoms with Gasteiger partial charge in [0.15, 0.2) is 0 Å². The number of carbonyl (C=O) groups is 1. The molecule has 0 atom stereocenters. The summed E-state index contributed by atoms with van der Waals surface area (Å²) in [6.45, 7) is 3.48. The second-order valence-corrected chi connectivity index (χ2v) is 7.05. The fraction of sp³-hybridized carbons (Fsp3) is 0.417. The lowest BCUT2D eigenvalue weighted by molar-refractivity contribution is -0.121. The van der Waals surface area contributed by atoms with E-state index in [4.69, 9.17) is 11.6 Å². The Morgan fingerprint density at radius 1 is 1.30 bits per heavy atom. The van der Waals surface area contributed by atoms with Crippen LogP contribution in [-0.2, 0) is 14.8 Å². The second kappa shape index (κ2) is 5.99. The van der Waals surface area contributed by atoms with Crippen LogP contribution in [0.1, 0.15) is 13.8 Å². The first kappa shape index (κ1) is 16.7. The fourth-order valence-electron chi connectivity index (χ4n) is 1.28.